The molecule has 1 fully saturated rings. The third-order valence-corrected chi connectivity index (χ3v) is 7.65. The molecule has 2 aromatic carbocycles. The molecule has 38 heavy (non-hydrogen) atoms. The lowest BCUT2D eigenvalue weighted by molar-refractivity contribution is 0.185. The minimum atomic E-state index is -0.260. The molecule has 0 radical (unpaired) electrons. The van der Waals surface area contributed by atoms with Gasteiger partial charge in [-0.2, -0.15) is 0 Å². The SMILES string of the molecule is COCCn1c(SC)nc(-c2ccc(F)cc2)c1-c1ccnc(NC2CCN(Cc3ccccc3)CC2)c1. The number of hydrogen-bond acceptors (Lipinski definition) is 6. The summed E-state index contributed by atoms with van der Waals surface area (Å²) in [5.74, 6) is 0.601. The molecule has 0 unspecified atom stereocenters. The molecular weight excluding hydrogens is 497 g/mol. The van der Waals surface area contributed by atoms with Gasteiger partial charge in [-0.25, -0.2) is 14.4 Å². The monoisotopic (exact) mass is 531 g/mol. The molecule has 0 saturated carbocycles. The van der Waals surface area contributed by atoms with Crippen molar-refractivity contribution in [1.82, 2.24) is 19.4 Å². The highest BCUT2D eigenvalue weighted by Gasteiger charge is 2.22. The Morgan fingerprint density at radius 2 is 1.79 bits per heavy atom. The number of imidazole rings is 1. The standard InChI is InChI=1S/C30H34FN5OS/c1-37-19-18-36-29(28(34-30(36)38-2)23-8-10-25(31)11-9-23)24-12-15-32-27(20-24)33-26-13-16-35(17-14-26)21-22-6-4-3-5-7-22/h3-12,15,20,26H,13-14,16-19,21H2,1-2H3,(H,32,33). The van der Waals surface area contributed by atoms with Crippen molar-refractivity contribution in [2.45, 2.75) is 37.1 Å². The normalized spacial score (nSPS) is 14.6. The van der Waals surface area contributed by atoms with Crippen LogP contribution in [-0.2, 0) is 17.8 Å². The van der Waals surface area contributed by atoms with Crippen LogP contribution in [0.5, 0.6) is 0 Å². The van der Waals surface area contributed by atoms with Gasteiger partial charge in [-0.05, 0) is 61.1 Å². The van der Waals surface area contributed by atoms with Crippen LogP contribution in [0.4, 0.5) is 10.2 Å². The number of thioether (sulfide) groups is 1. The smallest absolute Gasteiger partial charge is 0.168 e. The van der Waals surface area contributed by atoms with Crippen molar-refractivity contribution in [3.8, 4) is 22.5 Å². The van der Waals surface area contributed by atoms with E-state index in [1.54, 1.807) is 31.0 Å². The quantitative estimate of drug-likeness (QED) is 0.246. The van der Waals surface area contributed by atoms with Gasteiger partial charge in [0.25, 0.3) is 0 Å². The minimum Gasteiger partial charge on any atom is -0.383 e. The highest BCUT2D eigenvalue weighted by molar-refractivity contribution is 7.98. The van der Waals surface area contributed by atoms with Crippen molar-refractivity contribution in [2.75, 3.05) is 38.4 Å². The lowest BCUT2D eigenvalue weighted by Crippen LogP contribution is -2.38. The average molecular weight is 532 g/mol. The number of hydrogen-bond donors (Lipinski definition) is 1. The van der Waals surface area contributed by atoms with Gasteiger partial charge < -0.3 is 14.6 Å². The minimum absolute atomic E-state index is 0.260. The molecule has 0 atom stereocenters. The third kappa shape index (κ3) is 6.26. The fourth-order valence-corrected chi connectivity index (χ4v) is 5.61. The van der Waals surface area contributed by atoms with Crippen LogP contribution >= 0.6 is 11.8 Å². The van der Waals surface area contributed by atoms with E-state index in [1.165, 1.54) is 17.7 Å². The first kappa shape index (κ1) is 26.4. The molecule has 0 aliphatic carbocycles. The van der Waals surface area contributed by atoms with E-state index < -0.39 is 0 Å². The first-order valence-corrected chi connectivity index (χ1v) is 14.3. The second kappa shape index (κ2) is 12.6. The summed E-state index contributed by atoms with van der Waals surface area (Å²) in [5.41, 5.74) is 5.08. The molecule has 198 valence electrons. The van der Waals surface area contributed by atoms with E-state index in [0.717, 1.165) is 66.0 Å². The Morgan fingerprint density at radius 1 is 1.03 bits per heavy atom. The van der Waals surface area contributed by atoms with Crippen LogP contribution in [-0.4, -0.2) is 58.5 Å². The number of rotatable bonds is 10. The number of methoxy groups -OCH3 is 1. The van der Waals surface area contributed by atoms with Gasteiger partial charge in [-0.1, -0.05) is 42.1 Å². The number of aromatic nitrogens is 3. The Labute approximate surface area is 228 Å². The van der Waals surface area contributed by atoms with Gasteiger partial charge in [0.15, 0.2) is 5.16 Å². The topological polar surface area (TPSA) is 55.2 Å². The first-order valence-electron chi connectivity index (χ1n) is 13.0. The van der Waals surface area contributed by atoms with Crippen molar-refractivity contribution in [3.63, 3.8) is 0 Å². The molecule has 0 amide bonds. The maximum atomic E-state index is 13.7. The molecule has 1 saturated heterocycles. The molecule has 0 spiro atoms. The van der Waals surface area contributed by atoms with Crippen molar-refractivity contribution >= 4 is 17.6 Å². The summed E-state index contributed by atoms with van der Waals surface area (Å²) in [5, 5.41) is 4.58. The second-order valence-electron chi connectivity index (χ2n) is 9.56. The van der Waals surface area contributed by atoms with Gasteiger partial charge >= 0.3 is 0 Å². The number of nitrogens with one attached hydrogen (secondary N) is 1. The van der Waals surface area contributed by atoms with E-state index in [9.17, 15) is 4.39 Å². The Bertz CT molecular complexity index is 1320. The predicted octanol–water partition coefficient (Wildman–Crippen LogP) is 6.20. The van der Waals surface area contributed by atoms with Gasteiger partial charge in [-0.3, -0.25) is 4.90 Å². The third-order valence-electron chi connectivity index (χ3n) is 6.97. The lowest BCUT2D eigenvalue weighted by atomic mass is 10.0. The predicted molar refractivity (Wildman–Crippen MR) is 153 cm³/mol. The van der Waals surface area contributed by atoms with Gasteiger partial charge in [0, 0.05) is 56.7 Å². The van der Waals surface area contributed by atoms with Crippen LogP contribution in [0.3, 0.4) is 0 Å². The average Bonchev–Trinajstić information content (AvgIpc) is 3.32. The molecule has 5 rings (SSSR count). The van der Waals surface area contributed by atoms with E-state index in [4.69, 9.17) is 9.72 Å². The molecule has 3 heterocycles. The molecule has 6 nitrogen and oxygen atoms in total. The molecular formula is C30H34FN5OS. The zero-order chi connectivity index (χ0) is 26.3. The lowest BCUT2D eigenvalue weighted by Gasteiger charge is -2.32. The zero-order valence-electron chi connectivity index (χ0n) is 21.9. The van der Waals surface area contributed by atoms with E-state index in [0.29, 0.717) is 19.2 Å². The molecule has 1 aliphatic heterocycles. The Morgan fingerprint density at radius 3 is 2.50 bits per heavy atom. The summed E-state index contributed by atoms with van der Waals surface area (Å²) in [6, 6.07) is 21.7. The molecule has 8 heteroatoms. The molecule has 4 aromatic rings. The fraction of sp³-hybridized carbons (Fsp3) is 0.333. The highest BCUT2D eigenvalue weighted by atomic mass is 32.2. The summed E-state index contributed by atoms with van der Waals surface area (Å²) in [6.07, 6.45) is 6.01. The van der Waals surface area contributed by atoms with Crippen molar-refractivity contribution in [1.29, 1.82) is 0 Å². The Balaban J connectivity index is 1.36. The largest absolute Gasteiger partial charge is 0.383 e. The number of nitrogens with zero attached hydrogens (tertiary/aromatic N) is 4. The molecule has 1 aliphatic rings. The zero-order valence-corrected chi connectivity index (χ0v) is 22.8. The number of ether oxygens (including phenoxy) is 1. The van der Waals surface area contributed by atoms with Crippen LogP contribution in [0, 0.1) is 5.82 Å². The van der Waals surface area contributed by atoms with Gasteiger partial charge in [0.1, 0.15) is 11.6 Å². The summed E-state index contributed by atoms with van der Waals surface area (Å²) in [6.45, 7) is 4.35. The maximum Gasteiger partial charge on any atom is 0.168 e. The van der Waals surface area contributed by atoms with E-state index in [-0.39, 0.29) is 5.82 Å². The van der Waals surface area contributed by atoms with Crippen LogP contribution < -0.4 is 5.32 Å². The second-order valence-corrected chi connectivity index (χ2v) is 10.3. The highest BCUT2D eigenvalue weighted by Crippen LogP contribution is 2.36. The van der Waals surface area contributed by atoms with Crippen molar-refractivity contribution in [3.05, 3.63) is 84.3 Å². The number of anilines is 1. The van der Waals surface area contributed by atoms with Crippen molar-refractivity contribution < 1.29 is 9.13 Å². The van der Waals surface area contributed by atoms with Gasteiger partial charge in [-0.15, -0.1) is 0 Å². The van der Waals surface area contributed by atoms with Crippen LogP contribution in [0.2, 0.25) is 0 Å². The van der Waals surface area contributed by atoms with E-state index in [1.807, 2.05) is 18.5 Å². The number of piperidine rings is 1. The first-order chi connectivity index (χ1) is 18.6. The number of likely N-dealkylation sites (tertiary alicyclic amines) is 1. The number of benzene rings is 2. The number of pyridine rings is 1. The molecule has 0 bridgehead atoms. The Hall–Kier alpha value is -3.20. The Kier molecular flexibility index (Phi) is 8.73. The van der Waals surface area contributed by atoms with Crippen LogP contribution in [0.1, 0.15) is 18.4 Å². The summed E-state index contributed by atoms with van der Waals surface area (Å²) >= 11 is 1.59. The summed E-state index contributed by atoms with van der Waals surface area (Å²) in [7, 11) is 1.70. The van der Waals surface area contributed by atoms with Crippen LogP contribution in [0.25, 0.3) is 22.5 Å². The van der Waals surface area contributed by atoms with Gasteiger partial charge in [0.05, 0.1) is 18.0 Å². The summed E-state index contributed by atoms with van der Waals surface area (Å²) < 4.78 is 21.3. The molecule has 1 N–H and O–H groups in total. The van der Waals surface area contributed by atoms with E-state index in [2.05, 4.69) is 56.2 Å². The van der Waals surface area contributed by atoms with Crippen LogP contribution in [0.15, 0.2) is 78.1 Å². The maximum absolute atomic E-state index is 13.7. The fourth-order valence-electron chi connectivity index (χ4n) is 5.02. The number of halogens is 1. The van der Waals surface area contributed by atoms with Gasteiger partial charge in [0.2, 0.25) is 0 Å². The van der Waals surface area contributed by atoms with E-state index >= 15 is 0 Å². The van der Waals surface area contributed by atoms with Crippen molar-refractivity contribution in [2.24, 2.45) is 0 Å². The molecule has 2 aromatic heterocycles. The summed E-state index contributed by atoms with van der Waals surface area (Å²) in [4.78, 5) is 12.1.